The molecule has 1 atom stereocenters. The Kier molecular flexibility index (Phi) is 6.18. The molecule has 0 amide bonds. The van der Waals surface area contributed by atoms with Crippen LogP contribution >= 0.6 is 0 Å². The van der Waals surface area contributed by atoms with E-state index in [1.54, 1.807) is 12.1 Å². The summed E-state index contributed by atoms with van der Waals surface area (Å²) in [6, 6.07) is 15.4. The summed E-state index contributed by atoms with van der Waals surface area (Å²) in [4.78, 5) is 7.78. The average molecular weight is 351 g/mol. The number of H-pyrrole nitrogens is 1. The van der Waals surface area contributed by atoms with E-state index in [0.29, 0.717) is 6.04 Å². The number of benzene rings is 2. The summed E-state index contributed by atoms with van der Waals surface area (Å²) in [5, 5.41) is 3.64. The van der Waals surface area contributed by atoms with Crippen molar-refractivity contribution in [3.05, 3.63) is 66.1 Å². The Hall–Kier alpha value is -2.46. The number of nitrogens with one attached hydrogen (secondary N) is 2. The molecule has 3 rings (SSSR count). The zero-order chi connectivity index (χ0) is 18.4. The van der Waals surface area contributed by atoms with Gasteiger partial charge in [-0.15, -0.1) is 0 Å². The zero-order valence-corrected chi connectivity index (χ0v) is 15.4. The summed E-state index contributed by atoms with van der Waals surface area (Å²) >= 11 is 0. The van der Waals surface area contributed by atoms with Gasteiger partial charge in [0, 0.05) is 18.2 Å². The van der Waals surface area contributed by atoms with Gasteiger partial charge in [-0.25, -0.2) is 9.37 Å². The molecule has 0 radical (unpaired) electrons. The van der Waals surface area contributed by atoms with E-state index in [4.69, 9.17) is 0 Å². The highest BCUT2D eigenvalue weighted by molar-refractivity contribution is 5.64. The van der Waals surface area contributed by atoms with Crippen molar-refractivity contribution in [2.75, 3.05) is 0 Å². The van der Waals surface area contributed by atoms with Crippen molar-refractivity contribution in [1.82, 2.24) is 15.3 Å². The van der Waals surface area contributed by atoms with E-state index in [2.05, 4.69) is 53.4 Å². The molecule has 3 nitrogen and oxygen atoms in total. The first-order chi connectivity index (χ1) is 12.7. The van der Waals surface area contributed by atoms with Gasteiger partial charge in [0.2, 0.25) is 0 Å². The SMILES string of the molecule is CCCC(CC)NCc1cccc(-c2cnc(-c3ccc(F)cc3)[nH]2)c1. The molecular weight excluding hydrogens is 325 g/mol. The lowest BCUT2D eigenvalue weighted by Crippen LogP contribution is -2.27. The first-order valence-corrected chi connectivity index (χ1v) is 9.33. The molecule has 1 aromatic heterocycles. The zero-order valence-electron chi connectivity index (χ0n) is 15.4. The van der Waals surface area contributed by atoms with Gasteiger partial charge in [0.05, 0.1) is 11.9 Å². The van der Waals surface area contributed by atoms with Crippen LogP contribution < -0.4 is 5.32 Å². The predicted molar refractivity (Wildman–Crippen MR) is 105 cm³/mol. The molecule has 1 unspecified atom stereocenters. The molecule has 0 aliphatic carbocycles. The van der Waals surface area contributed by atoms with E-state index in [0.717, 1.165) is 35.6 Å². The van der Waals surface area contributed by atoms with Crippen molar-refractivity contribution in [2.24, 2.45) is 0 Å². The molecule has 2 N–H and O–H groups in total. The molecule has 0 saturated heterocycles. The molecular formula is C22H26FN3. The lowest BCUT2D eigenvalue weighted by molar-refractivity contribution is 0.462. The van der Waals surface area contributed by atoms with Crippen LogP contribution in [0.1, 0.15) is 38.7 Å². The van der Waals surface area contributed by atoms with Gasteiger partial charge in [0.1, 0.15) is 11.6 Å². The number of rotatable bonds is 8. The highest BCUT2D eigenvalue weighted by Gasteiger charge is 2.08. The quantitative estimate of drug-likeness (QED) is 0.558. The Balaban J connectivity index is 1.73. The van der Waals surface area contributed by atoms with Crippen LogP contribution in [0.2, 0.25) is 0 Å². The van der Waals surface area contributed by atoms with E-state index in [1.807, 2.05) is 6.20 Å². The highest BCUT2D eigenvalue weighted by Crippen LogP contribution is 2.23. The van der Waals surface area contributed by atoms with E-state index in [-0.39, 0.29) is 5.82 Å². The fourth-order valence-corrected chi connectivity index (χ4v) is 3.13. The van der Waals surface area contributed by atoms with Gasteiger partial charge in [-0.05, 0) is 54.3 Å². The maximum atomic E-state index is 13.1. The fourth-order valence-electron chi connectivity index (χ4n) is 3.13. The second kappa shape index (κ2) is 8.77. The normalized spacial score (nSPS) is 12.3. The molecule has 0 bridgehead atoms. The van der Waals surface area contributed by atoms with Crippen LogP contribution in [0.5, 0.6) is 0 Å². The second-order valence-electron chi connectivity index (χ2n) is 6.63. The maximum Gasteiger partial charge on any atom is 0.137 e. The van der Waals surface area contributed by atoms with Crippen molar-refractivity contribution < 1.29 is 4.39 Å². The van der Waals surface area contributed by atoms with Gasteiger partial charge >= 0.3 is 0 Å². The van der Waals surface area contributed by atoms with Crippen LogP contribution in [0.3, 0.4) is 0 Å². The Bertz CT molecular complexity index is 823. The first kappa shape index (κ1) is 18.3. The Morgan fingerprint density at radius 3 is 2.62 bits per heavy atom. The van der Waals surface area contributed by atoms with Gasteiger partial charge in [-0.1, -0.05) is 38.5 Å². The molecule has 3 aromatic rings. The molecule has 4 heteroatoms. The van der Waals surface area contributed by atoms with Crippen molar-refractivity contribution in [3.63, 3.8) is 0 Å². The number of imidazole rings is 1. The van der Waals surface area contributed by atoms with E-state index >= 15 is 0 Å². The standard InChI is InChI=1S/C22H26FN3/c1-3-6-20(4-2)24-14-16-7-5-8-18(13-16)21-15-25-22(26-21)17-9-11-19(23)12-10-17/h5,7-13,15,20,24H,3-4,6,14H2,1-2H3,(H,25,26). The topological polar surface area (TPSA) is 40.7 Å². The minimum atomic E-state index is -0.241. The summed E-state index contributed by atoms with van der Waals surface area (Å²) in [5.74, 6) is 0.506. The van der Waals surface area contributed by atoms with Gasteiger partial charge < -0.3 is 10.3 Å². The Morgan fingerprint density at radius 2 is 1.88 bits per heavy atom. The van der Waals surface area contributed by atoms with Crippen LogP contribution in [0.15, 0.2) is 54.7 Å². The van der Waals surface area contributed by atoms with Crippen molar-refractivity contribution in [2.45, 2.75) is 45.7 Å². The lowest BCUT2D eigenvalue weighted by atomic mass is 10.1. The number of hydrogen-bond acceptors (Lipinski definition) is 2. The van der Waals surface area contributed by atoms with Crippen molar-refractivity contribution in [1.29, 1.82) is 0 Å². The summed E-state index contributed by atoms with van der Waals surface area (Å²) in [6.45, 7) is 5.32. The van der Waals surface area contributed by atoms with Crippen LogP contribution in [-0.2, 0) is 6.54 Å². The molecule has 0 spiro atoms. The molecule has 0 aliphatic heterocycles. The highest BCUT2D eigenvalue weighted by atomic mass is 19.1. The largest absolute Gasteiger partial charge is 0.338 e. The third kappa shape index (κ3) is 4.58. The number of hydrogen-bond donors (Lipinski definition) is 2. The fraction of sp³-hybridized carbons (Fsp3) is 0.318. The minimum Gasteiger partial charge on any atom is -0.338 e. The summed E-state index contributed by atoms with van der Waals surface area (Å²) < 4.78 is 13.1. The number of aromatic amines is 1. The third-order valence-electron chi connectivity index (χ3n) is 4.66. The first-order valence-electron chi connectivity index (χ1n) is 9.33. The van der Waals surface area contributed by atoms with Gasteiger partial charge in [0.15, 0.2) is 0 Å². The van der Waals surface area contributed by atoms with E-state index in [1.165, 1.54) is 30.5 Å². The second-order valence-corrected chi connectivity index (χ2v) is 6.63. The molecule has 2 aromatic carbocycles. The molecule has 0 aliphatic rings. The number of halogens is 1. The van der Waals surface area contributed by atoms with Crippen molar-refractivity contribution >= 4 is 0 Å². The number of nitrogens with zero attached hydrogens (tertiary/aromatic N) is 1. The van der Waals surface area contributed by atoms with Crippen LogP contribution in [0.25, 0.3) is 22.6 Å². The maximum absolute atomic E-state index is 13.1. The van der Waals surface area contributed by atoms with Crippen molar-refractivity contribution in [3.8, 4) is 22.6 Å². The monoisotopic (exact) mass is 351 g/mol. The average Bonchev–Trinajstić information content (AvgIpc) is 3.16. The van der Waals surface area contributed by atoms with Gasteiger partial charge in [-0.2, -0.15) is 0 Å². The van der Waals surface area contributed by atoms with E-state index < -0.39 is 0 Å². The van der Waals surface area contributed by atoms with Crippen LogP contribution in [0, 0.1) is 5.82 Å². The third-order valence-corrected chi connectivity index (χ3v) is 4.66. The predicted octanol–water partition coefficient (Wildman–Crippen LogP) is 5.55. The molecule has 26 heavy (non-hydrogen) atoms. The van der Waals surface area contributed by atoms with E-state index in [9.17, 15) is 4.39 Å². The summed E-state index contributed by atoms with van der Waals surface area (Å²) in [5.41, 5.74) is 4.20. The van der Waals surface area contributed by atoms with Crippen LogP contribution in [-0.4, -0.2) is 16.0 Å². The lowest BCUT2D eigenvalue weighted by Gasteiger charge is -2.16. The molecule has 136 valence electrons. The molecule has 0 fully saturated rings. The van der Waals surface area contributed by atoms with Gasteiger partial charge in [-0.3, -0.25) is 0 Å². The Morgan fingerprint density at radius 1 is 1.08 bits per heavy atom. The molecule has 1 heterocycles. The molecule has 0 saturated carbocycles. The minimum absolute atomic E-state index is 0.241. The summed E-state index contributed by atoms with van der Waals surface area (Å²) in [6.07, 6.45) is 5.38. The van der Waals surface area contributed by atoms with Crippen LogP contribution in [0.4, 0.5) is 4.39 Å². The smallest absolute Gasteiger partial charge is 0.137 e. The number of aromatic nitrogens is 2. The Labute approximate surface area is 154 Å². The van der Waals surface area contributed by atoms with Gasteiger partial charge in [0.25, 0.3) is 0 Å². The summed E-state index contributed by atoms with van der Waals surface area (Å²) in [7, 11) is 0.